The first-order valence-electron chi connectivity index (χ1n) is 7.01. The highest BCUT2D eigenvalue weighted by atomic mass is 16.5. The summed E-state index contributed by atoms with van der Waals surface area (Å²) in [6, 6.07) is 6.99. The van der Waals surface area contributed by atoms with Crippen LogP contribution in [-0.4, -0.2) is 20.8 Å². The van der Waals surface area contributed by atoms with Gasteiger partial charge in [-0.3, -0.25) is 4.68 Å². The molecule has 0 amide bonds. The van der Waals surface area contributed by atoms with Crippen LogP contribution >= 0.6 is 0 Å². The summed E-state index contributed by atoms with van der Waals surface area (Å²) in [4.78, 5) is 4.17. The van der Waals surface area contributed by atoms with Crippen molar-refractivity contribution in [2.24, 2.45) is 7.05 Å². The van der Waals surface area contributed by atoms with Crippen molar-refractivity contribution in [2.75, 3.05) is 0 Å². The van der Waals surface area contributed by atoms with E-state index in [1.54, 1.807) is 11.0 Å². The Morgan fingerprint density at radius 3 is 2.95 bits per heavy atom. The van der Waals surface area contributed by atoms with Gasteiger partial charge in [0.15, 0.2) is 5.82 Å². The van der Waals surface area contributed by atoms with E-state index in [0.717, 1.165) is 18.1 Å². The summed E-state index contributed by atoms with van der Waals surface area (Å²) in [6.45, 7) is 3.41. The van der Waals surface area contributed by atoms with Gasteiger partial charge in [0.25, 0.3) is 0 Å². The molecular formula is C15H20N4O. The second-order valence-corrected chi connectivity index (χ2v) is 5.35. The van der Waals surface area contributed by atoms with Crippen molar-refractivity contribution in [1.82, 2.24) is 20.1 Å². The minimum absolute atomic E-state index is 0.440. The molecule has 1 heterocycles. The molecule has 106 valence electrons. The number of hydrogen-bond donors (Lipinski definition) is 1. The molecule has 1 aromatic carbocycles. The molecule has 3 rings (SSSR count). The van der Waals surface area contributed by atoms with Crippen molar-refractivity contribution in [2.45, 2.75) is 39.0 Å². The first-order valence-corrected chi connectivity index (χ1v) is 7.01. The van der Waals surface area contributed by atoms with Crippen molar-refractivity contribution in [3.8, 4) is 5.75 Å². The van der Waals surface area contributed by atoms with E-state index in [4.69, 9.17) is 4.74 Å². The van der Waals surface area contributed by atoms with Crippen molar-refractivity contribution in [3.63, 3.8) is 0 Å². The van der Waals surface area contributed by atoms with E-state index < -0.39 is 0 Å². The van der Waals surface area contributed by atoms with E-state index in [1.807, 2.05) is 13.1 Å². The maximum atomic E-state index is 5.91. The monoisotopic (exact) mass is 272 g/mol. The molecule has 1 fully saturated rings. The highest BCUT2D eigenvalue weighted by molar-refractivity contribution is 5.37. The number of hydrogen-bond acceptors (Lipinski definition) is 4. The standard InChI is InChI=1S/C15H20N4O/c1-11-3-6-14(12(7-11)8-16-13-4-5-13)20-9-15-17-10-18-19(15)2/h3,6-7,10,13,16H,4-5,8-9H2,1-2H3. The quantitative estimate of drug-likeness (QED) is 0.873. The lowest BCUT2D eigenvalue weighted by Gasteiger charge is -2.12. The SMILES string of the molecule is Cc1ccc(OCc2ncnn2C)c(CNC2CC2)c1. The van der Waals surface area contributed by atoms with Gasteiger partial charge < -0.3 is 10.1 Å². The number of benzene rings is 1. The van der Waals surface area contributed by atoms with Crippen LogP contribution in [0.2, 0.25) is 0 Å². The average molecular weight is 272 g/mol. The fraction of sp³-hybridized carbons (Fsp3) is 0.467. The van der Waals surface area contributed by atoms with Crippen LogP contribution in [0.1, 0.15) is 29.8 Å². The van der Waals surface area contributed by atoms with Crippen LogP contribution in [0.15, 0.2) is 24.5 Å². The van der Waals surface area contributed by atoms with Crippen LogP contribution in [0, 0.1) is 6.92 Å². The minimum Gasteiger partial charge on any atom is -0.485 e. The first-order chi connectivity index (χ1) is 9.72. The molecule has 1 N–H and O–H groups in total. The molecule has 0 bridgehead atoms. The van der Waals surface area contributed by atoms with Crippen LogP contribution in [0.5, 0.6) is 5.75 Å². The average Bonchev–Trinajstić information content (AvgIpc) is 3.18. The lowest BCUT2D eigenvalue weighted by Crippen LogP contribution is -2.16. The molecule has 1 aliphatic rings. The maximum absolute atomic E-state index is 5.91. The normalized spacial score (nSPS) is 14.5. The molecule has 0 spiro atoms. The molecule has 1 saturated carbocycles. The van der Waals surface area contributed by atoms with Gasteiger partial charge >= 0.3 is 0 Å². The molecule has 0 unspecified atom stereocenters. The Morgan fingerprint density at radius 2 is 2.25 bits per heavy atom. The molecule has 1 aromatic heterocycles. The number of aromatic nitrogens is 3. The predicted molar refractivity (Wildman–Crippen MR) is 76.4 cm³/mol. The second kappa shape index (κ2) is 5.63. The number of nitrogens with zero attached hydrogens (tertiary/aromatic N) is 3. The van der Waals surface area contributed by atoms with Crippen LogP contribution in [0.25, 0.3) is 0 Å². The highest BCUT2D eigenvalue weighted by Gasteiger charge is 2.20. The highest BCUT2D eigenvalue weighted by Crippen LogP contribution is 2.24. The fourth-order valence-electron chi connectivity index (χ4n) is 2.12. The van der Waals surface area contributed by atoms with Crippen molar-refractivity contribution < 1.29 is 4.74 Å². The molecule has 20 heavy (non-hydrogen) atoms. The van der Waals surface area contributed by atoms with E-state index >= 15 is 0 Å². The second-order valence-electron chi connectivity index (χ2n) is 5.35. The predicted octanol–water partition coefficient (Wildman–Crippen LogP) is 1.95. The Labute approximate surface area is 119 Å². The molecule has 1 aliphatic carbocycles. The van der Waals surface area contributed by atoms with Crippen LogP contribution < -0.4 is 10.1 Å². The summed E-state index contributed by atoms with van der Waals surface area (Å²) < 4.78 is 7.64. The largest absolute Gasteiger partial charge is 0.485 e. The zero-order valence-corrected chi connectivity index (χ0v) is 12.0. The van der Waals surface area contributed by atoms with Crippen LogP contribution in [-0.2, 0) is 20.2 Å². The van der Waals surface area contributed by atoms with Crippen LogP contribution in [0.3, 0.4) is 0 Å². The Balaban J connectivity index is 1.68. The van der Waals surface area contributed by atoms with Gasteiger partial charge in [-0.25, -0.2) is 4.98 Å². The summed E-state index contributed by atoms with van der Waals surface area (Å²) in [5, 5.41) is 7.58. The lowest BCUT2D eigenvalue weighted by molar-refractivity contribution is 0.286. The van der Waals surface area contributed by atoms with Crippen LogP contribution in [0.4, 0.5) is 0 Å². The summed E-state index contributed by atoms with van der Waals surface area (Å²) in [5.41, 5.74) is 2.46. The number of rotatable bonds is 6. The zero-order valence-electron chi connectivity index (χ0n) is 12.0. The summed E-state index contributed by atoms with van der Waals surface area (Å²) in [6.07, 6.45) is 4.13. The Hall–Kier alpha value is -1.88. The molecule has 5 heteroatoms. The third kappa shape index (κ3) is 3.17. The third-order valence-corrected chi connectivity index (χ3v) is 3.54. The molecule has 0 saturated heterocycles. The Bertz CT molecular complexity index is 589. The van der Waals surface area contributed by atoms with Gasteiger partial charge in [0.2, 0.25) is 0 Å². The fourth-order valence-corrected chi connectivity index (χ4v) is 2.12. The van der Waals surface area contributed by atoms with Gasteiger partial charge in [0.1, 0.15) is 18.7 Å². The van der Waals surface area contributed by atoms with Gasteiger partial charge in [-0.2, -0.15) is 5.10 Å². The van der Waals surface area contributed by atoms with E-state index in [9.17, 15) is 0 Å². The topological polar surface area (TPSA) is 52.0 Å². The van der Waals surface area contributed by atoms with Gasteiger partial charge in [0.05, 0.1) is 0 Å². The van der Waals surface area contributed by atoms with Crippen molar-refractivity contribution >= 4 is 0 Å². The first kappa shape index (κ1) is 13.1. The minimum atomic E-state index is 0.440. The summed E-state index contributed by atoms with van der Waals surface area (Å²) >= 11 is 0. The van der Waals surface area contributed by atoms with E-state index in [2.05, 4.69) is 34.5 Å². The lowest BCUT2D eigenvalue weighted by atomic mass is 10.1. The number of ether oxygens (including phenoxy) is 1. The summed E-state index contributed by atoms with van der Waals surface area (Å²) in [5.74, 6) is 1.75. The Kier molecular flexibility index (Phi) is 3.69. The number of nitrogens with one attached hydrogen (secondary N) is 1. The van der Waals surface area contributed by atoms with Gasteiger partial charge in [-0.15, -0.1) is 0 Å². The van der Waals surface area contributed by atoms with E-state index in [1.165, 1.54) is 24.0 Å². The smallest absolute Gasteiger partial charge is 0.164 e. The molecule has 0 aliphatic heterocycles. The molecule has 2 aromatic rings. The molecule has 5 nitrogen and oxygen atoms in total. The molecule has 0 atom stereocenters. The van der Waals surface area contributed by atoms with Crippen molar-refractivity contribution in [3.05, 3.63) is 41.5 Å². The van der Waals surface area contributed by atoms with Crippen molar-refractivity contribution in [1.29, 1.82) is 0 Å². The third-order valence-electron chi connectivity index (χ3n) is 3.54. The van der Waals surface area contributed by atoms with Gasteiger partial charge in [-0.1, -0.05) is 17.7 Å². The molecular weight excluding hydrogens is 252 g/mol. The van der Waals surface area contributed by atoms with Gasteiger partial charge in [0, 0.05) is 25.2 Å². The maximum Gasteiger partial charge on any atom is 0.164 e. The summed E-state index contributed by atoms with van der Waals surface area (Å²) in [7, 11) is 1.87. The number of aryl methyl sites for hydroxylation is 2. The zero-order chi connectivity index (χ0) is 13.9. The molecule has 0 radical (unpaired) electrons. The van der Waals surface area contributed by atoms with E-state index in [0.29, 0.717) is 12.6 Å². The Morgan fingerprint density at radius 1 is 1.40 bits per heavy atom. The van der Waals surface area contributed by atoms with E-state index in [-0.39, 0.29) is 0 Å². The van der Waals surface area contributed by atoms with Gasteiger partial charge in [-0.05, 0) is 25.8 Å².